The van der Waals surface area contributed by atoms with E-state index >= 15 is 0 Å². The molecule has 8 heteroatoms. The van der Waals surface area contributed by atoms with Crippen LogP contribution in [0, 0.1) is 0 Å². The molecule has 0 aliphatic rings. The summed E-state index contributed by atoms with van der Waals surface area (Å²) in [6.45, 7) is 0.409. The SMILES string of the molecule is NN=Cc1ccc(CCCCNC(=O)[C@@H](CC(=O)O)NC(=O)CCc2ccccc2)cc1. The number of amides is 2. The van der Waals surface area contributed by atoms with Crippen LogP contribution in [0.3, 0.4) is 0 Å². The number of nitrogens with zero attached hydrogens (tertiary/aromatic N) is 1. The van der Waals surface area contributed by atoms with Gasteiger partial charge < -0.3 is 21.6 Å². The Morgan fingerprint density at radius 1 is 0.969 bits per heavy atom. The molecule has 2 amide bonds. The molecule has 8 nitrogen and oxygen atoms in total. The lowest BCUT2D eigenvalue weighted by Gasteiger charge is -2.17. The summed E-state index contributed by atoms with van der Waals surface area (Å²) in [6, 6.07) is 16.3. The highest BCUT2D eigenvalue weighted by molar-refractivity contribution is 5.90. The van der Waals surface area contributed by atoms with Gasteiger partial charge in [-0.15, -0.1) is 0 Å². The van der Waals surface area contributed by atoms with E-state index in [0.717, 1.165) is 30.4 Å². The largest absolute Gasteiger partial charge is 0.481 e. The summed E-state index contributed by atoms with van der Waals surface area (Å²) in [7, 11) is 0. The maximum Gasteiger partial charge on any atom is 0.305 e. The van der Waals surface area contributed by atoms with Gasteiger partial charge in [-0.25, -0.2) is 0 Å². The van der Waals surface area contributed by atoms with Crippen LogP contribution >= 0.6 is 0 Å². The van der Waals surface area contributed by atoms with Crippen LogP contribution in [0.5, 0.6) is 0 Å². The number of aryl methyl sites for hydroxylation is 2. The van der Waals surface area contributed by atoms with E-state index in [1.54, 1.807) is 6.21 Å². The molecular formula is C24H30N4O4. The van der Waals surface area contributed by atoms with Gasteiger partial charge in [0.1, 0.15) is 6.04 Å². The zero-order chi connectivity index (χ0) is 23.2. The fourth-order valence-corrected chi connectivity index (χ4v) is 3.20. The first kappa shape index (κ1) is 24.6. The molecule has 0 heterocycles. The molecule has 1 atom stereocenters. The van der Waals surface area contributed by atoms with Gasteiger partial charge in [0, 0.05) is 13.0 Å². The zero-order valence-corrected chi connectivity index (χ0v) is 18.0. The molecule has 2 aromatic carbocycles. The van der Waals surface area contributed by atoms with Gasteiger partial charge in [-0.1, -0.05) is 54.6 Å². The molecule has 0 aliphatic carbocycles. The maximum atomic E-state index is 12.4. The third-order valence-electron chi connectivity index (χ3n) is 4.91. The highest BCUT2D eigenvalue weighted by atomic mass is 16.4. The van der Waals surface area contributed by atoms with E-state index < -0.39 is 24.3 Å². The standard InChI is InChI=1S/C24H30N4O4/c25-27-17-20-11-9-19(10-12-20)8-4-5-15-26-24(32)21(16-23(30)31)28-22(29)14-13-18-6-2-1-3-7-18/h1-3,6-7,9-12,17,21H,4-5,8,13-16,25H2,(H,26,32)(H,28,29)(H,30,31)/t21-/m1/s1. The van der Waals surface area contributed by atoms with Crippen molar-refractivity contribution >= 4 is 24.0 Å². The number of carboxylic acid groups (broad SMARTS) is 1. The van der Waals surface area contributed by atoms with Crippen molar-refractivity contribution < 1.29 is 19.5 Å². The smallest absolute Gasteiger partial charge is 0.305 e. The number of carboxylic acids is 1. The number of carbonyl (C=O) groups is 3. The van der Waals surface area contributed by atoms with E-state index in [1.807, 2.05) is 54.6 Å². The quantitative estimate of drug-likeness (QED) is 0.164. The third kappa shape index (κ3) is 9.42. The molecule has 32 heavy (non-hydrogen) atoms. The van der Waals surface area contributed by atoms with E-state index in [0.29, 0.717) is 13.0 Å². The number of aliphatic carboxylic acids is 1. The van der Waals surface area contributed by atoms with Crippen LogP contribution in [-0.4, -0.2) is 41.7 Å². The zero-order valence-electron chi connectivity index (χ0n) is 18.0. The molecule has 0 spiro atoms. The fraction of sp³-hybridized carbons (Fsp3) is 0.333. The van der Waals surface area contributed by atoms with Crippen LogP contribution in [0.15, 0.2) is 59.7 Å². The molecule has 0 unspecified atom stereocenters. The molecule has 0 saturated carbocycles. The Bertz CT molecular complexity index is 898. The van der Waals surface area contributed by atoms with Gasteiger partial charge in [0.2, 0.25) is 11.8 Å². The van der Waals surface area contributed by atoms with E-state index in [1.165, 1.54) is 5.56 Å². The minimum atomic E-state index is -1.14. The van der Waals surface area contributed by atoms with Crippen molar-refractivity contribution in [1.82, 2.24) is 10.6 Å². The number of nitrogens with two attached hydrogens (primary N) is 1. The van der Waals surface area contributed by atoms with Gasteiger partial charge in [0.25, 0.3) is 0 Å². The molecule has 0 fully saturated rings. The lowest BCUT2D eigenvalue weighted by atomic mass is 10.1. The fourth-order valence-electron chi connectivity index (χ4n) is 3.20. The summed E-state index contributed by atoms with van der Waals surface area (Å²) in [6.07, 6.45) is 4.27. The minimum Gasteiger partial charge on any atom is -0.481 e. The van der Waals surface area contributed by atoms with Crippen molar-refractivity contribution in [2.45, 2.75) is 44.6 Å². The van der Waals surface area contributed by atoms with E-state index in [4.69, 9.17) is 10.9 Å². The van der Waals surface area contributed by atoms with Crippen molar-refractivity contribution in [2.24, 2.45) is 10.9 Å². The predicted molar refractivity (Wildman–Crippen MR) is 123 cm³/mol. The van der Waals surface area contributed by atoms with Gasteiger partial charge in [-0.3, -0.25) is 14.4 Å². The van der Waals surface area contributed by atoms with E-state index in [9.17, 15) is 14.4 Å². The molecule has 0 radical (unpaired) electrons. The Balaban J connectivity index is 1.72. The summed E-state index contributed by atoms with van der Waals surface area (Å²) >= 11 is 0. The second kappa shape index (κ2) is 13.6. The minimum absolute atomic E-state index is 0.184. The average Bonchev–Trinajstić information content (AvgIpc) is 2.78. The molecule has 170 valence electrons. The van der Waals surface area contributed by atoms with Gasteiger partial charge >= 0.3 is 5.97 Å². The normalized spacial score (nSPS) is 11.8. The number of hydrogen-bond donors (Lipinski definition) is 4. The second-order valence-corrected chi connectivity index (χ2v) is 7.47. The molecule has 2 aromatic rings. The molecule has 0 saturated heterocycles. The molecule has 0 aromatic heterocycles. The summed E-state index contributed by atoms with van der Waals surface area (Å²) in [5, 5.41) is 17.9. The second-order valence-electron chi connectivity index (χ2n) is 7.47. The molecule has 2 rings (SSSR count). The van der Waals surface area contributed by atoms with Crippen LogP contribution in [0.4, 0.5) is 0 Å². The first-order valence-electron chi connectivity index (χ1n) is 10.6. The summed E-state index contributed by atoms with van der Waals surface area (Å²) in [5.41, 5.74) is 3.10. The van der Waals surface area contributed by atoms with Crippen LogP contribution < -0.4 is 16.5 Å². The number of hydrazone groups is 1. The van der Waals surface area contributed by atoms with Crippen LogP contribution in [-0.2, 0) is 27.2 Å². The molecule has 0 bridgehead atoms. The number of carbonyl (C=O) groups excluding carboxylic acids is 2. The summed E-state index contributed by atoms with van der Waals surface area (Å²) in [5.74, 6) is 3.16. The first-order chi connectivity index (χ1) is 15.5. The van der Waals surface area contributed by atoms with Gasteiger partial charge in [0.15, 0.2) is 0 Å². The van der Waals surface area contributed by atoms with E-state index in [-0.39, 0.29) is 12.3 Å². The van der Waals surface area contributed by atoms with Crippen molar-refractivity contribution in [1.29, 1.82) is 0 Å². The number of benzene rings is 2. The van der Waals surface area contributed by atoms with Crippen molar-refractivity contribution in [3.05, 3.63) is 71.3 Å². The van der Waals surface area contributed by atoms with Crippen LogP contribution in [0.2, 0.25) is 0 Å². The van der Waals surface area contributed by atoms with Gasteiger partial charge in [-0.05, 0) is 42.4 Å². The maximum absolute atomic E-state index is 12.4. The monoisotopic (exact) mass is 438 g/mol. The highest BCUT2D eigenvalue weighted by Crippen LogP contribution is 2.07. The van der Waals surface area contributed by atoms with Gasteiger partial charge in [0.05, 0.1) is 12.6 Å². The Morgan fingerprint density at radius 2 is 1.66 bits per heavy atom. The molecule has 0 aliphatic heterocycles. The number of unbranched alkanes of at least 4 members (excludes halogenated alkanes) is 1. The summed E-state index contributed by atoms with van der Waals surface area (Å²) in [4.78, 5) is 35.7. The Hall–Kier alpha value is -3.68. The highest BCUT2D eigenvalue weighted by Gasteiger charge is 2.23. The lowest BCUT2D eigenvalue weighted by molar-refractivity contribution is -0.140. The predicted octanol–water partition coefficient (Wildman–Crippen LogP) is 2.01. The Kier molecular flexibility index (Phi) is 10.4. The molecular weight excluding hydrogens is 408 g/mol. The molecule has 5 N–H and O–H groups in total. The first-order valence-corrected chi connectivity index (χ1v) is 10.6. The van der Waals surface area contributed by atoms with Crippen molar-refractivity contribution in [2.75, 3.05) is 6.54 Å². The van der Waals surface area contributed by atoms with Crippen LogP contribution in [0.1, 0.15) is 42.4 Å². The lowest BCUT2D eigenvalue weighted by Crippen LogP contribution is -2.48. The van der Waals surface area contributed by atoms with Crippen LogP contribution in [0.25, 0.3) is 0 Å². The van der Waals surface area contributed by atoms with Crippen molar-refractivity contribution in [3.8, 4) is 0 Å². The van der Waals surface area contributed by atoms with Crippen molar-refractivity contribution in [3.63, 3.8) is 0 Å². The number of hydrogen-bond acceptors (Lipinski definition) is 5. The van der Waals surface area contributed by atoms with E-state index in [2.05, 4.69) is 15.7 Å². The third-order valence-corrected chi connectivity index (χ3v) is 4.91. The Labute approximate surface area is 187 Å². The summed E-state index contributed by atoms with van der Waals surface area (Å²) < 4.78 is 0. The van der Waals surface area contributed by atoms with Gasteiger partial charge in [-0.2, -0.15) is 5.10 Å². The number of rotatable bonds is 13. The number of nitrogens with one attached hydrogen (secondary N) is 2. The topological polar surface area (TPSA) is 134 Å². The average molecular weight is 439 g/mol. The Morgan fingerprint density at radius 3 is 2.31 bits per heavy atom.